The fraction of sp³-hybridized carbons (Fsp3) is 0.125. The molecule has 0 aliphatic heterocycles. The Bertz CT molecular complexity index is 1080. The minimum Gasteiger partial charge on any atom is -0.460 e. The van der Waals surface area contributed by atoms with E-state index in [4.69, 9.17) is 21.6 Å². The molecule has 0 saturated heterocycles. The van der Waals surface area contributed by atoms with Crippen LogP contribution in [0, 0.1) is 6.92 Å². The summed E-state index contributed by atoms with van der Waals surface area (Å²) in [5, 5.41) is 8.37. The number of rotatable bonds is 3. The molecule has 126 valence electrons. The van der Waals surface area contributed by atoms with Crippen molar-refractivity contribution < 1.29 is 4.42 Å². The summed E-state index contributed by atoms with van der Waals surface area (Å²) < 4.78 is 7.07. The average Bonchev–Trinajstić information content (AvgIpc) is 3.17. The van der Waals surface area contributed by atoms with Crippen LogP contribution in [0.25, 0.3) is 22.6 Å². The van der Waals surface area contributed by atoms with Crippen LogP contribution < -0.4 is 17.2 Å². The molecule has 4 rings (SSSR count). The van der Waals surface area contributed by atoms with Gasteiger partial charge in [0.1, 0.15) is 12.0 Å². The van der Waals surface area contributed by atoms with E-state index in [0.717, 1.165) is 16.8 Å². The number of nitrogen functional groups attached to an aromatic ring is 3. The van der Waals surface area contributed by atoms with Crippen LogP contribution in [-0.4, -0.2) is 25.0 Å². The van der Waals surface area contributed by atoms with Gasteiger partial charge in [0.25, 0.3) is 0 Å². The first-order valence-electron chi connectivity index (χ1n) is 7.57. The molecule has 0 saturated carbocycles. The Hall–Kier alpha value is -3.62. The molecule has 0 aliphatic carbocycles. The molecule has 0 radical (unpaired) electrons. The molecule has 1 aromatic carbocycles. The monoisotopic (exact) mass is 336 g/mol. The van der Waals surface area contributed by atoms with Crippen LogP contribution in [0.3, 0.4) is 0 Å². The van der Waals surface area contributed by atoms with Crippen LogP contribution in [0.1, 0.15) is 11.1 Å². The summed E-state index contributed by atoms with van der Waals surface area (Å²) in [6, 6.07) is 7.46. The Morgan fingerprint density at radius 3 is 2.68 bits per heavy atom. The third kappa shape index (κ3) is 2.61. The predicted octanol–water partition coefficient (Wildman–Crippen LogP) is 1.58. The van der Waals surface area contributed by atoms with Crippen LogP contribution in [0.15, 0.2) is 34.9 Å². The number of furan rings is 1. The van der Waals surface area contributed by atoms with Gasteiger partial charge in [-0.1, -0.05) is 17.3 Å². The fourth-order valence-corrected chi connectivity index (χ4v) is 2.64. The van der Waals surface area contributed by atoms with Gasteiger partial charge in [-0.2, -0.15) is 4.98 Å². The second-order valence-electron chi connectivity index (χ2n) is 5.78. The summed E-state index contributed by atoms with van der Waals surface area (Å²) in [4.78, 5) is 8.49. The Balaban J connectivity index is 1.81. The maximum atomic E-state index is 5.87. The molecule has 9 nitrogen and oxygen atoms in total. The summed E-state index contributed by atoms with van der Waals surface area (Å²) in [6.45, 7) is 2.44. The Labute approximate surface area is 142 Å². The lowest BCUT2D eigenvalue weighted by Gasteiger charge is -2.06. The van der Waals surface area contributed by atoms with Crippen molar-refractivity contribution >= 4 is 28.5 Å². The van der Waals surface area contributed by atoms with Crippen molar-refractivity contribution in [1.82, 2.24) is 25.0 Å². The van der Waals surface area contributed by atoms with Crippen LogP contribution in [-0.2, 0) is 6.54 Å². The second-order valence-corrected chi connectivity index (χ2v) is 5.78. The van der Waals surface area contributed by atoms with Crippen molar-refractivity contribution in [2.75, 3.05) is 17.2 Å². The van der Waals surface area contributed by atoms with Gasteiger partial charge in [0.2, 0.25) is 5.95 Å². The highest BCUT2D eigenvalue weighted by Gasteiger charge is 2.18. The van der Waals surface area contributed by atoms with E-state index in [1.54, 1.807) is 10.7 Å². The lowest BCUT2D eigenvalue weighted by atomic mass is 10.1. The summed E-state index contributed by atoms with van der Waals surface area (Å²) in [5.74, 6) is 0.571. The number of nitrogens with zero attached hydrogens (tertiary/aromatic N) is 5. The molecule has 0 spiro atoms. The largest absolute Gasteiger partial charge is 0.460 e. The minimum absolute atomic E-state index is 0.106. The maximum Gasteiger partial charge on any atom is 0.222 e. The highest BCUT2D eigenvalue weighted by molar-refractivity contribution is 5.86. The lowest BCUT2D eigenvalue weighted by Crippen LogP contribution is -2.05. The van der Waals surface area contributed by atoms with Gasteiger partial charge in [0.15, 0.2) is 16.9 Å². The quantitative estimate of drug-likeness (QED) is 0.478. The number of benzene rings is 1. The second kappa shape index (κ2) is 5.48. The molecule has 6 N–H and O–H groups in total. The van der Waals surface area contributed by atoms with Gasteiger partial charge in [-0.15, -0.1) is 5.10 Å². The first-order valence-corrected chi connectivity index (χ1v) is 7.57. The molecule has 0 atom stereocenters. The number of aryl methyl sites for hydroxylation is 1. The zero-order chi connectivity index (χ0) is 17.6. The van der Waals surface area contributed by atoms with Crippen molar-refractivity contribution in [1.29, 1.82) is 0 Å². The molecule has 3 heterocycles. The molecule has 3 aromatic heterocycles. The van der Waals surface area contributed by atoms with E-state index in [1.165, 1.54) is 6.26 Å². The van der Waals surface area contributed by atoms with Crippen LogP contribution >= 0.6 is 0 Å². The zero-order valence-electron chi connectivity index (χ0n) is 13.5. The third-order valence-electron chi connectivity index (χ3n) is 3.90. The van der Waals surface area contributed by atoms with Crippen molar-refractivity contribution in [2.45, 2.75) is 13.5 Å². The highest BCUT2D eigenvalue weighted by atomic mass is 16.3. The smallest absolute Gasteiger partial charge is 0.222 e. The number of hydrogen-bond donors (Lipinski definition) is 3. The molecule has 9 heteroatoms. The molecule has 0 fully saturated rings. The number of anilines is 3. The fourth-order valence-electron chi connectivity index (χ4n) is 2.64. The zero-order valence-corrected chi connectivity index (χ0v) is 13.5. The maximum absolute atomic E-state index is 5.87. The summed E-state index contributed by atoms with van der Waals surface area (Å²) in [6.07, 6.45) is 1.43. The molecule has 4 aromatic rings. The topological polar surface area (TPSA) is 148 Å². The average molecular weight is 336 g/mol. The molecule has 0 amide bonds. The normalized spacial score (nSPS) is 11.2. The molecule has 25 heavy (non-hydrogen) atoms. The predicted molar refractivity (Wildman–Crippen MR) is 94.3 cm³/mol. The van der Waals surface area contributed by atoms with Crippen molar-refractivity contribution in [3.8, 4) is 11.5 Å². The number of hydrogen-bond acceptors (Lipinski definition) is 8. The minimum atomic E-state index is 0.106. The van der Waals surface area contributed by atoms with E-state index in [2.05, 4.69) is 20.3 Å². The van der Waals surface area contributed by atoms with Crippen molar-refractivity contribution in [2.24, 2.45) is 0 Å². The molecular weight excluding hydrogens is 320 g/mol. The Kier molecular flexibility index (Phi) is 3.27. The summed E-state index contributed by atoms with van der Waals surface area (Å²) >= 11 is 0. The van der Waals surface area contributed by atoms with E-state index in [-0.39, 0.29) is 5.95 Å². The van der Waals surface area contributed by atoms with Crippen molar-refractivity contribution in [3.05, 3.63) is 41.7 Å². The number of nitrogens with two attached hydrogens (primary N) is 3. The molecule has 0 aliphatic rings. The van der Waals surface area contributed by atoms with Gasteiger partial charge in [0.05, 0.1) is 12.2 Å². The van der Waals surface area contributed by atoms with Crippen LogP contribution in [0.5, 0.6) is 0 Å². The third-order valence-corrected chi connectivity index (χ3v) is 3.90. The molecule has 0 bridgehead atoms. The van der Waals surface area contributed by atoms with E-state index in [0.29, 0.717) is 34.9 Å². The Morgan fingerprint density at radius 1 is 1.12 bits per heavy atom. The number of aromatic nitrogens is 5. The first kappa shape index (κ1) is 14.9. The van der Waals surface area contributed by atoms with E-state index >= 15 is 0 Å². The van der Waals surface area contributed by atoms with Gasteiger partial charge < -0.3 is 21.6 Å². The van der Waals surface area contributed by atoms with E-state index < -0.39 is 0 Å². The SMILES string of the molecule is Cc1cc(Cn2nnc3c(-c4cc(N)co4)nc(N)nc32)ccc1N. The van der Waals surface area contributed by atoms with Gasteiger partial charge >= 0.3 is 0 Å². The van der Waals surface area contributed by atoms with Crippen molar-refractivity contribution in [3.63, 3.8) is 0 Å². The standard InChI is InChI=1S/C16H16N8O/c1-8-4-9(2-3-11(8)18)6-24-15-14(22-23-24)13(20-16(19)21-15)12-5-10(17)7-25-12/h2-5,7H,6,17-18H2,1H3,(H2,19,20,21). The van der Waals surface area contributed by atoms with E-state index in [1.807, 2.05) is 25.1 Å². The van der Waals surface area contributed by atoms with Gasteiger partial charge in [-0.05, 0) is 24.1 Å². The highest BCUT2D eigenvalue weighted by Crippen LogP contribution is 2.28. The van der Waals surface area contributed by atoms with E-state index in [9.17, 15) is 0 Å². The van der Waals surface area contributed by atoms with Gasteiger partial charge in [-0.25, -0.2) is 9.67 Å². The molecular formula is C16H16N8O. The van der Waals surface area contributed by atoms with Gasteiger partial charge in [-0.3, -0.25) is 0 Å². The molecule has 0 unspecified atom stereocenters. The first-order chi connectivity index (χ1) is 12.0. The Morgan fingerprint density at radius 2 is 1.96 bits per heavy atom. The summed E-state index contributed by atoms with van der Waals surface area (Å²) in [7, 11) is 0. The van der Waals surface area contributed by atoms with Crippen LogP contribution in [0.2, 0.25) is 0 Å². The van der Waals surface area contributed by atoms with Crippen LogP contribution in [0.4, 0.5) is 17.3 Å². The number of fused-ring (bicyclic) bond motifs is 1. The lowest BCUT2D eigenvalue weighted by molar-refractivity contribution is 0.581. The van der Waals surface area contributed by atoms with Gasteiger partial charge in [0, 0.05) is 11.8 Å². The summed E-state index contributed by atoms with van der Waals surface area (Å²) in [5.41, 5.74) is 22.2.